The van der Waals surface area contributed by atoms with Gasteiger partial charge in [-0.25, -0.2) is 0 Å². The van der Waals surface area contributed by atoms with Gasteiger partial charge in [0.15, 0.2) is 0 Å². The highest BCUT2D eigenvalue weighted by Crippen LogP contribution is 2.23. The first kappa shape index (κ1) is 16.7. The van der Waals surface area contributed by atoms with Crippen LogP contribution in [0.1, 0.15) is 22.8 Å². The Labute approximate surface area is 140 Å². The fraction of sp³-hybridized carbons (Fsp3) is 0.235. The third-order valence-corrected chi connectivity index (χ3v) is 3.91. The fourth-order valence-corrected chi connectivity index (χ4v) is 2.35. The van der Waals surface area contributed by atoms with Crippen LogP contribution in [0.15, 0.2) is 42.5 Å². The van der Waals surface area contributed by atoms with Crippen LogP contribution in [0, 0.1) is 0 Å². The van der Waals surface area contributed by atoms with Gasteiger partial charge in [-0.05, 0) is 42.8 Å². The van der Waals surface area contributed by atoms with Crippen LogP contribution in [0.25, 0.3) is 0 Å². The molecule has 0 unspecified atom stereocenters. The van der Waals surface area contributed by atoms with Crippen LogP contribution in [0.4, 0.5) is 0 Å². The summed E-state index contributed by atoms with van der Waals surface area (Å²) in [5.41, 5.74) is 1.54. The summed E-state index contributed by atoms with van der Waals surface area (Å²) < 4.78 is 5.40. The van der Waals surface area contributed by atoms with Crippen molar-refractivity contribution in [3.05, 3.63) is 63.6 Å². The molecule has 0 radical (unpaired) electrons. The zero-order chi connectivity index (χ0) is 16.1. The first-order valence-electron chi connectivity index (χ1n) is 6.93. The summed E-state index contributed by atoms with van der Waals surface area (Å²) in [6, 6.07) is 12.6. The molecule has 1 amide bonds. The molecule has 0 saturated heterocycles. The quantitative estimate of drug-likeness (QED) is 0.793. The van der Waals surface area contributed by atoms with Crippen molar-refractivity contribution in [1.82, 2.24) is 4.90 Å². The third kappa shape index (κ3) is 4.15. The zero-order valence-electron chi connectivity index (χ0n) is 12.5. The topological polar surface area (TPSA) is 29.5 Å². The fourth-order valence-electron chi connectivity index (χ4n) is 2.05. The number of rotatable bonds is 5. The van der Waals surface area contributed by atoms with Crippen molar-refractivity contribution in [3.8, 4) is 5.75 Å². The summed E-state index contributed by atoms with van der Waals surface area (Å²) >= 11 is 11.8. The maximum Gasteiger partial charge on any atom is 0.253 e. The molecule has 116 valence electrons. The predicted octanol–water partition coefficient (Wildman–Crippen LogP) is 4.66. The van der Waals surface area contributed by atoms with E-state index in [-0.39, 0.29) is 5.91 Å². The van der Waals surface area contributed by atoms with Gasteiger partial charge in [0.1, 0.15) is 5.75 Å². The molecule has 0 spiro atoms. The van der Waals surface area contributed by atoms with Gasteiger partial charge in [0, 0.05) is 19.2 Å². The highest BCUT2D eigenvalue weighted by atomic mass is 35.5. The van der Waals surface area contributed by atoms with Gasteiger partial charge < -0.3 is 9.64 Å². The zero-order valence-corrected chi connectivity index (χ0v) is 14.0. The third-order valence-electron chi connectivity index (χ3n) is 3.17. The second kappa shape index (κ2) is 7.52. The van der Waals surface area contributed by atoms with Gasteiger partial charge in [0.2, 0.25) is 0 Å². The summed E-state index contributed by atoms with van der Waals surface area (Å²) in [7, 11) is 1.75. The summed E-state index contributed by atoms with van der Waals surface area (Å²) in [6.45, 7) is 3.08. The Kier molecular flexibility index (Phi) is 5.69. The SMILES string of the molecule is CCOc1ccc(CN(C)C(=O)c2ccc(Cl)c(Cl)c2)cc1. The molecule has 0 aromatic heterocycles. The Morgan fingerprint density at radius 2 is 1.77 bits per heavy atom. The van der Waals surface area contributed by atoms with Crippen LogP contribution in [-0.4, -0.2) is 24.5 Å². The molecule has 3 nitrogen and oxygen atoms in total. The van der Waals surface area contributed by atoms with Crippen molar-refractivity contribution in [3.63, 3.8) is 0 Å². The summed E-state index contributed by atoms with van der Waals surface area (Å²) in [4.78, 5) is 14.0. The number of benzene rings is 2. The lowest BCUT2D eigenvalue weighted by Crippen LogP contribution is -2.26. The van der Waals surface area contributed by atoms with Crippen LogP contribution in [-0.2, 0) is 6.54 Å². The minimum absolute atomic E-state index is 0.104. The standard InChI is InChI=1S/C17H17Cl2NO2/c1-3-22-14-7-4-12(5-8-14)11-20(2)17(21)13-6-9-15(18)16(19)10-13/h4-10H,3,11H2,1-2H3. The predicted molar refractivity (Wildman–Crippen MR) is 89.9 cm³/mol. The van der Waals surface area contributed by atoms with Crippen LogP contribution in [0.3, 0.4) is 0 Å². The van der Waals surface area contributed by atoms with Gasteiger partial charge in [-0.2, -0.15) is 0 Å². The summed E-state index contributed by atoms with van der Waals surface area (Å²) in [5.74, 6) is 0.720. The maximum atomic E-state index is 12.4. The molecule has 0 bridgehead atoms. The van der Waals surface area contributed by atoms with Crippen molar-refractivity contribution in [1.29, 1.82) is 0 Å². The van der Waals surface area contributed by atoms with E-state index >= 15 is 0 Å². The van der Waals surface area contributed by atoms with Gasteiger partial charge in [-0.1, -0.05) is 35.3 Å². The Bertz CT molecular complexity index is 656. The van der Waals surface area contributed by atoms with Crippen LogP contribution >= 0.6 is 23.2 Å². The normalized spacial score (nSPS) is 10.4. The molecule has 0 saturated carbocycles. The van der Waals surface area contributed by atoms with E-state index in [9.17, 15) is 4.79 Å². The van der Waals surface area contributed by atoms with Crippen molar-refractivity contribution >= 4 is 29.1 Å². The molecule has 0 aliphatic carbocycles. The number of halogens is 2. The minimum Gasteiger partial charge on any atom is -0.494 e. The van der Waals surface area contributed by atoms with Gasteiger partial charge in [-0.3, -0.25) is 4.79 Å². The maximum absolute atomic E-state index is 12.4. The first-order valence-corrected chi connectivity index (χ1v) is 7.69. The highest BCUT2D eigenvalue weighted by molar-refractivity contribution is 6.42. The molecule has 0 atom stereocenters. The molecule has 5 heteroatoms. The van der Waals surface area contributed by atoms with E-state index in [2.05, 4.69) is 0 Å². The highest BCUT2D eigenvalue weighted by Gasteiger charge is 2.13. The lowest BCUT2D eigenvalue weighted by molar-refractivity contribution is 0.0785. The van der Waals surface area contributed by atoms with Crippen molar-refractivity contribution < 1.29 is 9.53 Å². The molecule has 2 rings (SSSR count). The number of hydrogen-bond acceptors (Lipinski definition) is 2. The lowest BCUT2D eigenvalue weighted by atomic mass is 10.1. The Morgan fingerprint density at radius 3 is 2.36 bits per heavy atom. The van der Waals surface area contributed by atoms with Crippen molar-refractivity contribution in [2.24, 2.45) is 0 Å². The number of ether oxygens (including phenoxy) is 1. The Balaban J connectivity index is 2.05. The number of carbonyl (C=O) groups excluding carboxylic acids is 1. The van der Waals surface area contributed by atoms with Gasteiger partial charge >= 0.3 is 0 Å². The second-order valence-electron chi connectivity index (χ2n) is 4.87. The van der Waals surface area contributed by atoms with Crippen LogP contribution < -0.4 is 4.74 Å². The van der Waals surface area contributed by atoms with E-state index in [0.717, 1.165) is 11.3 Å². The van der Waals surface area contributed by atoms with E-state index in [1.807, 2.05) is 31.2 Å². The molecular formula is C17H17Cl2NO2. The van der Waals surface area contributed by atoms with Gasteiger partial charge in [0.25, 0.3) is 5.91 Å². The molecular weight excluding hydrogens is 321 g/mol. The minimum atomic E-state index is -0.104. The van der Waals surface area contributed by atoms with E-state index in [0.29, 0.717) is 28.8 Å². The second-order valence-corrected chi connectivity index (χ2v) is 5.68. The smallest absolute Gasteiger partial charge is 0.253 e. The first-order chi connectivity index (χ1) is 10.5. The molecule has 2 aromatic rings. The lowest BCUT2D eigenvalue weighted by Gasteiger charge is -2.18. The van der Waals surface area contributed by atoms with E-state index in [1.54, 1.807) is 30.1 Å². The molecule has 0 aliphatic heterocycles. The summed E-state index contributed by atoms with van der Waals surface area (Å²) in [5, 5.41) is 0.814. The number of amides is 1. The van der Waals surface area contributed by atoms with Crippen molar-refractivity contribution in [2.45, 2.75) is 13.5 Å². The number of hydrogen-bond donors (Lipinski definition) is 0. The Hall–Kier alpha value is -1.71. The van der Waals surface area contributed by atoms with E-state index in [1.165, 1.54) is 0 Å². The monoisotopic (exact) mass is 337 g/mol. The molecule has 0 heterocycles. The van der Waals surface area contributed by atoms with Gasteiger partial charge in [-0.15, -0.1) is 0 Å². The molecule has 0 fully saturated rings. The Morgan fingerprint density at radius 1 is 1.09 bits per heavy atom. The van der Waals surface area contributed by atoms with E-state index in [4.69, 9.17) is 27.9 Å². The average molecular weight is 338 g/mol. The molecule has 22 heavy (non-hydrogen) atoms. The van der Waals surface area contributed by atoms with Crippen molar-refractivity contribution in [2.75, 3.05) is 13.7 Å². The van der Waals surface area contributed by atoms with Gasteiger partial charge in [0.05, 0.1) is 16.7 Å². The van der Waals surface area contributed by atoms with E-state index < -0.39 is 0 Å². The average Bonchev–Trinajstić information content (AvgIpc) is 2.51. The van der Waals surface area contributed by atoms with Crippen LogP contribution in [0.5, 0.6) is 5.75 Å². The number of carbonyl (C=O) groups is 1. The summed E-state index contributed by atoms with van der Waals surface area (Å²) in [6.07, 6.45) is 0. The number of nitrogens with zero attached hydrogens (tertiary/aromatic N) is 1. The molecule has 0 N–H and O–H groups in total. The van der Waals surface area contributed by atoms with Crippen LogP contribution in [0.2, 0.25) is 10.0 Å². The molecule has 0 aliphatic rings. The largest absolute Gasteiger partial charge is 0.494 e. The molecule has 2 aromatic carbocycles.